The van der Waals surface area contributed by atoms with E-state index in [2.05, 4.69) is 52.8 Å². The number of aromatic nitrogens is 1. The molecule has 3 aromatic rings. The van der Waals surface area contributed by atoms with E-state index in [0.717, 1.165) is 69.7 Å². The maximum atomic E-state index is 14.4. The first-order chi connectivity index (χ1) is 56.3. The number of ether oxygens (including phenoxy) is 4. The van der Waals surface area contributed by atoms with Crippen LogP contribution < -0.4 is 47.9 Å². The minimum absolute atomic E-state index is 0.00247. The molecule has 0 spiro atoms. The number of aliphatic carboxylic acids is 5. The van der Waals surface area contributed by atoms with Crippen molar-refractivity contribution in [3.8, 4) is 0 Å². The summed E-state index contributed by atoms with van der Waals surface area (Å²) in [5.41, 5.74) is 1.65. The van der Waals surface area contributed by atoms with Crippen LogP contribution in [0.4, 0.5) is 0 Å². The van der Waals surface area contributed by atoms with E-state index in [4.69, 9.17) is 24.1 Å². The molecule has 0 aliphatic rings. The number of para-hydroxylation sites is 1. The molecule has 2 aromatic carbocycles. The normalized spacial score (nSPS) is 13.1. The molecular weight excluding hydrogens is 1570 g/mol. The standard InChI is InChI=1S/C79H121N11O27S/c1-4-6-25-58(73(102)83-49-67(93)85-62(45-55-48-82-57-27-23-22-24-56(55)57)75(104)88-59(26-7-5-2)77(106)90(3)64(79(109)110)47-72(100)101)87-74(103)61(44-53-30-32-54(33-31-53)52-118(111,112)113)89-76(105)63(46-71(98)99)86-69(95)51-117-43-41-115-39-37-81-68(94)50-116-42-40-114-38-36-80-65(91)35-34-60(78(107)108)84-66(92)28-20-18-16-14-12-10-8-9-11-13-15-17-19-21-29-70(96)97/h22-24,27,30-33,48,58-64,82H,4-21,25-26,28-29,34-47,49-52H2,1-3H3,(H,80,91)(H,81,94)(H,83,102)(H,84,92)(H,85,93)(H,86,95)(H,87,103)(H,88,104)(H,89,105)(H,96,97)(H,98,99)(H,100,101)(H,107,108)(H,109,110)(H,111,112,113)/t58-,59-,60-,61-,62-,63-,64+/m0/s1. The molecule has 0 bridgehead atoms. The van der Waals surface area contributed by atoms with Crippen molar-refractivity contribution < 1.29 is 129 Å². The lowest BCUT2D eigenvalue weighted by Crippen LogP contribution is -2.58. The number of benzene rings is 2. The first-order valence-electron chi connectivity index (χ1n) is 40.2. The summed E-state index contributed by atoms with van der Waals surface area (Å²) in [6.45, 7) is 1.85. The highest BCUT2D eigenvalue weighted by Gasteiger charge is 2.36. The van der Waals surface area contributed by atoms with Crippen molar-refractivity contribution in [1.29, 1.82) is 0 Å². The van der Waals surface area contributed by atoms with Gasteiger partial charge in [0.1, 0.15) is 61.3 Å². The average Bonchev–Trinajstić information content (AvgIpc) is 1.63. The van der Waals surface area contributed by atoms with E-state index in [1.54, 1.807) is 44.3 Å². The number of aromatic amines is 1. The van der Waals surface area contributed by atoms with Crippen LogP contribution in [0.2, 0.25) is 0 Å². The number of fused-ring (bicyclic) bond motifs is 1. The van der Waals surface area contributed by atoms with Crippen molar-refractivity contribution >= 4 is 110 Å². The Labute approximate surface area is 686 Å². The summed E-state index contributed by atoms with van der Waals surface area (Å²) in [6.07, 6.45) is 15.4. The van der Waals surface area contributed by atoms with Crippen molar-refractivity contribution in [1.82, 2.24) is 57.7 Å². The lowest BCUT2D eigenvalue weighted by atomic mass is 10.0. The maximum absolute atomic E-state index is 14.4. The number of nitrogens with one attached hydrogen (secondary N) is 10. The van der Waals surface area contributed by atoms with Crippen LogP contribution in [0.15, 0.2) is 54.7 Å². The predicted molar refractivity (Wildman–Crippen MR) is 427 cm³/mol. The highest BCUT2D eigenvalue weighted by molar-refractivity contribution is 7.85. The number of hydrogen-bond acceptors (Lipinski definition) is 21. The van der Waals surface area contributed by atoms with Gasteiger partial charge in [-0.3, -0.25) is 66.9 Å². The summed E-state index contributed by atoms with van der Waals surface area (Å²) in [5.74, 6) is -15.5. The van der Waals surface area contributed by atoms with Gasteiger partial charge in [-0.05, 0) is 54.9 Å². The van der Waals surface area contributed by atoms with Gasteiger partial charge in [0.05, 0.1) is 59.0 Å². The number of carbonyl (C=O) groups excluding carboxylic acids is 10. The minimum atomic E-state index is -4.48. The predicted octanol–water partition coefficient (Wildman–Crippen LogP) is 3.10. The number of nitrogens with zero attached hydrogens (tertiary/aromatic N) is 1. The molecule has 0 unspecified atom stereocenters. The second kappa shape index (κ2) is 58.6. The lowest BCUT2D eigenvalue weighted by molar-refractivity contribution is -0.154. The van der Waals surface area contributed by atoms with Gasteiger partial charge in [-0.15, -0.1) is 0 Å². The van der Waals surface area contributed by atoms with Gasteiger partial charge in [0.25, 0.3) is 10.1 Å². The molecule has 0 fully saturated rings. The van der Waals surface area contributed by atoms with Crippen LogP contribution in [0.1, 0.15) is 197 Å². The molecule has 1 aromatic heterocycles. The van der Waals surface area contributed by atoms with Gasteiger partial charge in [-0.1, -0.05) is 159 Å². The van der Waals surface area contributed by atoms with E-state index in [-0.39, 0.29) is 121 Å². The zero-order valence-electron chi connectivity index (χ0n) is 67.6. The van der Waals surface area contributed by atoms with Crippen molar-refractivity contribution in [3.63, 3.8) is 0 Å². The Morgan fingerprint density at radius 1 is 0.424 bits per heavy atom. The minimum Gasteiger partial charge on any atom is -0.481 e. The number of hydrogen-bond donors (Lipinski definition) is 16. The zero-order valence-corrected chi connectivity index (χ0v) is 68.5. The SMILES string of the molecule is CCCC[C@H](NC(=O)[C@H](Cc1ccc(CS(=O)(=O)O)cc1)NC(=O)[C@H](CC(=O)O)NC(=O)COCCOCCNC(=O)COCCOCCNC(=O)CC[C@H](NC(=O)CCCCCCCCCCCCCCCCC(=O)O)C(=O)O)C(=O)NCC(=O)N[C@@H](Cc1c[nH]c2ccccc12)C(=O)N[C@@H](CCCC)C(=O)N(C)[C@H](CC(=O)O)C(=O)O. The monoisotopic (exact) mass is 1690 g/mol. The van der Waals surface area contributed by atoms with Crippen LogP contribution in [-0.4, -0.2) is 259 Å². The van der Waals surface area contributed by atoms with Crippen molar-refractivity contribution in [2.24, 2.45) is 0 Å². The molecule has 0 saturated heterocycles. The highest BCUT2D eigenvalue weighted by Crippen LogP contribution is 2.21. The van der Waals surface area contributed by atoms with Crippen LogP contribution in [-0.2, 0) is 120 Å². The Morgan fingerprint density at radius 3 is 1.44 bits per heavy atom. The number of H-pyrrole nitrogens is 1. The first kappa shape index (κ1) is 102. The molecule has 118 heavy (non-hydrogen) atoms. The summed E-state index contributed by atoms with van der Waals surface area (Å²) in [7, 11) is -3.38. The molecule has 39 heteroatoms. The quantitative estimate of drug-likeness (QED) is 0.0285. The Kier molecular flexibility index (Phi) is 50.6. The van der Waals surface area contributed by atoms with Crippen molar-refractivity contribution in [2.45, 2.75) is 242 Å². The molecule has 0 radical (unpaired) electrons. The van der Waals surface area contributed by atoms with Gasteiger partial charge in [0.15, 0.2) is 0 Å². The number of carbonyl (C=O) groups is 15. The van der Waals surface area contributed by atoms with Crippen LogP contribution in [0.25, 0.3) is 10.9 Å². The van der Waals surface area contributed by atoms with Crippen LogP contribution >= 0.6 is 0 Å². The summed E-state index contributed by atoms with van der Waals surface area (Å²) >= 11 is 0. The van der Waals surface area contributed by atoms with Gasteiger partial charge < -0.3 is 102 Å². The van der Waals surface area contributed by atoms with E-state index in [0.29, 0.717) is 48.6 Å². The molecule has 16 N–H and O–H groups in total. The van der Waals surface area contributed by atoms with Crippen LogP contribution in [0, 0.1) is 0 Å². The molecule has 38 nitrogen and oxygen atoms in total. The zero-order chi connectivity index (χ0) is 87.2. The third-order valence-electron chi connectivity index (χ3n) is 18.7. The summed E-state index contributed by atoms with van der Waals surface area (Å²) < 4.78 is 54.3. The largest absolute Gasteiger partial charge is 0.481 e. The smallest absolute Gasteiger partial charge is 0.327 e. The number of rotatable bonds is 68. The third-order valence-corrected chi connectivity index (χ3v) is 19.4. The van der Waals surface area contributed by atoms with Gasteiger partial charge in [0, 0.05) is 69.3 Å². The fourth-order valence-electron chi connectivity index (χ4n) is 12.3. The van der Waals surface area contributed by atoms with Gasteiger partial charge in [-0.25, -0.2) is 9.59 Å². The number of carboxylic acids is 5. The number of likely N-dealkylation sites (N-methyl/N-ethyl adjacent to an activating group) is 1. The molecule has 0 aliphatic heterocycles. The van der Waals surface area contributed by atoms with Crippen molar-refractivity contribution in [2.75, 3.05) is 79.5 Å². The summed E-state index contributed by atoms with van der Waals surface area (Å²) in [6, 6.07) is 1.66. The highest BCUT2D eigenvalue weighted by atomic mass is 32.2. The van der Waals surface area contributed by atoms with E-state index in [9.17, 15) is 105 Å². The van der Waals surface area contributed by atoms with Gasteiger partial charge in [-0.2, -0.15) is 8.42 Å². The molecule has 7 atom stereocenters. The molecule has 0 aliphatic carbocycles. The third kappa shape index (κ3) is 45.5. The number of unbranched alkanes of at least 4 members (excludes halogenated alkanes) is 15. The number of amides is 10. The molecular formula is C79H121N11O27S. The maximum Gasteiger partial charge on any atom is 0.327 e. The molecule has 0 saturated carbocycles. The Balaban J connectivity index is 1.47. The molecule has 10 amide bonds. The first-order valence-corrected chi connectivity index (χ1v) is 41.8. The Hall–Kier alpha value is -10.2. The van der Waals surface area contributed by atoms with E-state index in [1.165, 1.54) is 49.9 Å². The van der Waals surface area contributed by atoms with Gasteiger partial charge in [0.2, 0.25) is 59.1 Å². The van der Waals surface area contributed by atoms with Gasteiger partial charge >= 0.3 is 29.8 Å². The fraction of sp³-hybridized carbons (Fsp3) is 0.633. The lowest BCUT2D eigenvalue weighted by Gasteiger charge is -2.29. The van der Waals surface area contributed by atoms with E-state index in [1.807, 2.05) is 0 Å². The topological polar surface area (TPSA) is 576 Å². The molecule has 3 rings (SSSR count). The second-order valence-corrected chi connectivity index (χ2v) is 30.1. The summed E-state index contributed by atoms with van der Waals surface area (Å²) in [5, 5.41) is 70.7. The average molecular weight is 1690 g/mol. The van der Waals surface area contributed by atoms with Crippen LogP contribution in [0.5, 0.6) is 0 Å². The fourth-order valence-corrected chi connectivity index (χ4v) is 13.0. The second-order valence-electron chi connectivity index (χ2n) is 28.6. The van der Waals surface area contributed by atoms with E-state index >= 15 is 0 Å². The summed E-state index contributed by atoms with van der Waals surface area (Å²) in [4.78, 5) is 197. The van der Waals surface area contributed by atoms with E-state index < -0.39 is 174 Å². The van der Waals surface area contributed by atoms with Crippen molar-refractivity contribution in [3.05, 3.63) is 71.4 Å². The molecule has 1 heterocycles. The van der Waals surface area contributed by atoms with Crippen LogP contribution in [0.3, 0.4) is 0 Å². The number of carboxylic acid groups (broad SMARTS) is 5. The Morgan fingerprint density at radius 2 is 0.898 bits per heavy atom. The molecule has 660 valence electrons. The Bertz CT molecular complexity index is 3790.